The summed E-state index contributed by atoms with van der Waals surface area (Å²) in [5.41, 5.74) is 2.64. The molecule has 0 saturated heterocycles. The fraction of sp³-hybridized carbons (Fsp3) is 0.158. The molecule has 3 rings (SSSR count). The second-order valence-corrected chi connectivity index (χ2v) is 7.29. The molecule has 7 heteroatoms. The highest BCUT2D eigenvalue weighted by atomic mass is 32.1. The summed E-state index contributed by atoms with van der Waals surface area (Å²) in [6, 6.07) is 16.7. The maximum absolute atomic E-state index is 12.4. The van der Waals surface area contributed by atoms with Crippen LogP contribution in [-0.2, 0) is 0 Å². The van der Waals surface area contributed by atoms with Gasteiger partial charge in [0.05, 0.1) is 10.9 Å². The molecule has 0 unspecified atom stereocenters. The van der Waals surface area contributed by atoms with Gasteiger partial charge in [0, 0.05) is 10.3 Å². The zero-order valence-corrected chi connectivity index (χ0v) is 15.7. The molecule has 134 valence electrons. The summed E-state index contributed by atoms with van der Waals surface area (Å²) >= 11 is 6.42. The molecule has 0 aliphatic rings. The van der Waals surface area contributed by atoms with Gasteiger partial charge in [0.15, 0.2) is 0 Å². The van der Waals surface area contributed by atoms with Crippen molar-refractivity contribution in [3.05, 3.63) is 65.0 Å². The predicted octanol–water partition coefficient (Wildman–Crippen LogP) is 3.75. The van der Waals surface area contributed by atoms with E-state index >= 15 is 0 Å². The Morgan fingerprint density at radius 3 is 2.65 bits per heavy atom. The molecule has 0 radical (unpaired) electrons. The second kappa shape index (κ2) is 8.27. The molecule has 0 aliphatic carbocycles. The summed E-state index contributed by atoms with van der Waals surface area (Å²) in [6.07, 6.45) is 0. The number of hydroxylamine groups is 1. The zero-order valence-electron chi connectivity index (χ0n) is 14.1. The predicted molar refractivity (Wildman–Crippen MR) is 107 cm³/mol. The van der Waals surface area contributed by atoms with E-state index in [0.717, 1.165) is 10.1 Å². The number of nitrogens with one attached hydrogen (secondary N) is 2. The number of carbonyl (C=O) groups excluding carboxylic acids is 1. The van der Waals surface area contributed by atoms with Crippen LogP contribution in [0, 0.1) is 0 Å². The summed E-state index contributed by atoms with van der Waals surface area (Å²) in [5, 5.41) is 12.8. The van der Waals surface area contributed by atoms with Gasteiger partial charge in [-0.15, -0.1) is 11.3 Å². The van der Waals surface area contributed by atoms with Gasteiger partial charge in [-0.1, -0.05) is 30.4 Å². The fourth-order valence-electron chi connectivity index (χ4n) is 2.42. The van der Waals surface area contributed by atoms with Crippen molar-refractivity contribution >= 4 is 44.5 Å². The molecule has 26 heavy (non-hydrogen) atoms. The van der Waals surface area contributed by atoms with Crippen LogP contribution in [0.4, 0.5) is 0 Å². The zero-order chi connectivity index (χ0) is 18.5. The first-order valence-corrected chi connectivity index (χ1v) is 9.26. The van der Waals surface area contributed by atoms with Gasteiger partial charge < -0.3 is 10.1 Å². The molecule has 0 saturated carbocycles. The lowest BCUT2D eigenvalue weighted by atomic mass is 10.2. The van der Waals surface area contributed by atoms with Crippen molar-refractivity contribution in [3.63, 3.8) is 0 Å². The van der Waals surface area contributed by atoms with Gasteiger partial charge in [0.1, 0.15) is 17.3 Å². The van der Waals surface area contributed by atoms with Crippen molar-refractivity contribution in [1.29, 1.82) is 0 Å². The normalized spacial score (nSPS) is 11.8. The molecule has 1 aromatic heterocycles. The molecule has 0 aliphatic heterocycles. The minimum absolute atomic E-state index is 0.1000. The molecule has 0 bridgehead atoms. The summed E-state index contributed by atoms with van der Waals surface area (Å²) in [6.45, 7) is 2.24. The highest BCUT2D eigenvalue weighted by Gasteiger charge is 2.13. The van der Waals surface area contributed by atoms with Gasteiger partial charge in [-0.25, -0.2) is 0 Å². The van der Waals surface area contributed by atoms with Gasteiger partial charge in [0.2, 0.25) is 0 Å². The van der Waals surface area contributed by atoms with Crippen LogP contribution in [0.3, 0.4) is 0 Å². The third kappa shape index (κ3) is 4.37. The first-order chi connectivity index (χ1) is 12.6. The van der Waals surface area contributed by atoms with Crippen molar-refractivity contribution in [2.45, 2.75) is 13.0 Å². The van der Waals surface area contributed by atoms with Gasteiger partial charge >= 0.3 is 0 Å². The van der Waals surface area contributed by atoms with E-state index in [4.69, 9.17) is 22.2 Å². The lowest BCUT2D eigenvalue weighted by Crippen LogP contribution is -2.36. The second-order valence-electron chi connectivity index (χ2n) is 5.80. The number of hydrogen-bond acceptors (Lipinski definition) is 5. The molecule has 1 amide bonds. The van der Waals surface area contributed by atoms with Gasteiger partial charge in [-0.2, -0.15) is 0 Å². The number of thiocarbonyl (C=S) groups is 1. The van der Waals surface area contributed by atoms with Crippen LogP contribution in [0.25, 0.3) is 10.1 Å². The van der Waals surface area contributed by atoms with Crippen molar-refractivity contribution < 1.29 is 14.7 Å². The van der Waals surface area contributed by atoms with Crippen molar-refractivity contribution in [2.24, 2.45) is 0 Å². The molecule has 2 aromatic carbocycles. The smallest absolute Gasteiger partial charge is 0.261 e. The monoisotopic (exact) mass is 386 g/mol. The molecule has 0 fully saturated rings. The van der Waals surface area contributed by atoms with Crippen LogP contribution in [0.5, 0.6) is 5.75 Å². The molecule has 3 aromatic rings. The van der Waals surface area contributed by atoms with Crippen molar-refractivity contribution in [2.75, 3.05) is 6.61 Å². The Morgan fingerprint density at radius 1 is 1.23 bits per heavy atom. The Morgan fingerprint density at radius 2 is 1.96 bits per heavy atom. The SMILES string of the molecule is C[C@@H](COc1ccc(C(=S)NO)cc1)NC(=O)c1cc2ccccc2s1. The van der Waals surface area contributed by atoms with Crippen LogP contribution >= 0.6 is 23.6 Å². The van der Waals surface area contributed by atoms with Gasteiger partial charge in [-0.05, 0) is 48.7 Å². The molecule has 1 heterocycles. The molecule has 1 atom stereocenters. The summed E-state index contributed by atoms with van der Waals surface area (Å²) in [7, 11) is 0. The highest BCUT2D eigenvalue weighted by Crippen LogP contribution is 2.25. The number of fused-ring (bicyclic) bond motifs is 1. The quantitative estimate of drug-likeness (QED) is 0.445. The number of rotatable bonds is 6. The van der Waals surface area contributed by atoms with Crippen LogP contribution in [-0.4, -0.2) is 28.8 Å². The molecule has 0 spiro atoms. The lowest BCUT2D eigenvalue weighted by molar-refractivity contribution is 0.0931. The summed E-state index contributed by atoms with van der Waals surface area (Å²) < 4.78 is 6.79. The summed E-state index contributed by atoms with van der Waals surface area (Å²) in [4.78, 5) is 13.3. The van der Waals surface area contributed by atoms with Gasteiger partial charge in [-0.3, -0.25) is 15.5 Å². The van der Waals surface area contributed by atoms with E-state index in [1.165, 1.54) is 11.3 Å². The topological polar surface area (TPSA) is 70.6 Å². The molecular formula is C19H18N2O3S2. The number of hydrogen-bond donors (Lipinski definition) is 3. The van der Waals surface area contributed by atoms with E-state index in [-0.39, 0.29) is 16.9 Å². The van der Waals surface area contributed by atoms with Crippen molar-refractivity contribution in [3.8, 4) is 5.75 Å². The first kappa shape index (κ1) is 18.3. The first-order valence-electron chi connectivity index (χ1n) is 8.03. The minimum atomic E-state index is -0.146. The number of benzene rings is 2. The molecule has 5 nitrogen and oxygen atoms in total. The van der Waals surface area contributed by atoms with Crippen LogP contribution in [0.1, 0.15) is 22.2 Å². The lowest BCUT2D eigenvalue weighted by Gasteiger charge is -2.14. The third-order valence-corrected chi connectivity index (χ3v) is 5.19. The number of thiophene rings is 1. The number of carbonyl (C=O) groups is 1. The van der Waals surface area contributed by atoms with E-state index in [1.807, 2.05) is 42.7 Å². The van der Waals surface area contributed by atoms with Crippen LogP contribution in [0.2, 0.25) is 0 Å². The highest BCUT2D eigenvalue weighted by molar-refractivity contribution is 7.80. The number of ether oxygens (including phenoxy) is 1. The van der Waals surface area contributed by atoms with Gasteiger partial charge in [0.25, 0.3) is 5.91 Å². The maximum atomic E-state index is 12.4. The van der Waals surface area contributed by atoms with Crippen molar-refractivity contribution in [1.82, 2.24) is 10.8 Å². The maximum Gasteiger partial charge on any atom is 0.261 e. The van der Waals surface area contributed by atoms with E-state index in [1.54, 1.807) is 24.3 Å². The average molecular weight is 386 g/mol. The van der Waals surface area contributed by atoms with E-state index in [9.17, 15) is 4.79 Å². The Kier molecular flexibility index (Phi) is 5.82. The largest absolute Gasteiger partial charge is 0.491 e. The summed E-state index contributed by atoms with van der Waals surface area (Å²) in [5.74, 6) is 0.564. The van der Waals surface area contributed by atoms with E-state index in [0.29, 0.717) is 22.8 Å². The number of amides is 1. The van der Waals surface area contributed by atoms with E-state index in [2.05, 4.69) is 5.32 Å². The Bertz CT molecular complexity index is 889. The standard InChI is InChI=1S/C19H18N2O3S2/c1-12(11-24-15-8-6-13(7-9-15)19(25)21-23)20-18(22)17-10-14-4-2-3-5-16(14)26-17/h2-10,12,23H,11H2,1H3,(H,20,22)(H,21,25)/t12-/m0/s1. The Balaban J connectivity index is 1.54. The Labute approximate surface area is 160 Å². The Hall–Kier alpha value is -2.48. The molecule has 3 N–H and O–H groups in total. The van der Waals surface area contributed by atoms with E-state index < -0.39 is 0 Å². The molecular weight excluding hydrogens is 368 g/mol. The third-order valence-electron chi connectivity index (χ3n) is 3.74. The minimum Gasteiger partial charge on any atom is -0.491 e. The average Bonchev–Trinajstić information content (AvgIpc) is 3.10. The fourth-order valence-corrected chi connectivity index (χ4v) is 3.52. The van der Waals surface area contributed by atoms with Crippen LogP contribution < -0.4 is 15.5 Å². The van der Waals surface area contributed by atoms with Crippen LogP contribution in [0.15, 0.2) is 54.6 Å².